The van der Waals surface area contributed by atoms with Crippen LogP contribution in [0.3, 0.4) is 0 Å². The monoisotopic (exact) mass is 422 g/mol. The average molecular weight is 422 g/mol. The topological polar surface area (TPSA) is 142 Å². The molecule has 1 N–H and O–H groups in total. The van der Waals surface area contributed by atoms with Crippen LogP contribution in [-0.2, 0) is 14.2 Å². The van der Waals surface area contributed by atoms with Crippen LogP contribution in [-0.4, -0.2) is 55.2 Å². The van der Waals surface area contributed by atoms with Gasteiger partial charge in [0.25, 0.3) is 0 Å². The molecule has 0 unspecified atom stereocenters. The van der Waals surface area contributed by atoms with Crippen LogP contribution in [0.25, 0.3) is 0 Å². The predicted octanol–water partition coefficient (Wildman–Crippen LogP) is 2.41. The van der Waals surface area contributed by atoms with Crippen molar-refractivity contribution in [2.24, 2.45) is 0 Å². The molecule has 2 heterocycles. The van der Waals surface area contributed by atoms with Crippen LogP contribution in [0.5, 0.6) is 0 Å². The van der Waals surface area contributed by atoms with Gasteiger partial charge in [0.1, 0.15) is 0 Å². The Balaban J connectivity index is 1.67. The van der Waals surface area contributed by atoms with Crippen molar-refractivity contribution in [3.05, 3.63) is 47.3 Å². The third-order valence-corrected chi connectivity index (χ3v) is 3.70. The second-order valence-corrected chi connectivity index (χ2v) is 6.08. The van der Waals surface area contributed by atoms with E-state index in [1.807, 2.05) is 0 Å². The standard InChI is InChI=1S/C20H22O10/c1-13(22)14-5-6-15(29-14)18(23)27-11-4-12-28-20(25)17-8-7-16(30-17)19(24)26-10-3-2-9-21/h5-8,21H,2-4,9-12H2,1H3. The third kappa shape index (κ3) is 6.89. The Bertz CT molecular complexity index is 876. The van der Waals surface area contributed by atoms with E-state index in [0.717, 1.165) is 0 Å². The molecule has 0 aliphatic carbocycles. The molecule has 0 aromatic carbocycles. The first-order valence-corrected chi connectivity index (χ1v) is 9.25. The smallest absolute Gasteiger partial charge is 0.374 e. The minimum absolute atomic E-state index is 0.0110. The SMILES string of the molecule is CC(=O)c1ccc(C(=O)OCCCOC(=O)c2ccc(C(=O)OCCCCO)o2)o1. The van der Waals surface area contributed by atoms with E-state index in [9.17, 15) is 19.2 Å². The highest BCUT2D eigenvalue weighted by molar-refractivity contribution is 5.93. The van der Waals surface area contributed by atoms with Crippen LogP contribution < -0.4 is 0 Å². The highest BCUT2D eigenvalue weighted by Gasteiger charge is 2.18. The van der Waals surface area contributed by atoms with Gasteiger partial charge in [-0.1, -0.05) is 0 Å². The average Bonchev–Trinajstić information content (AvgIpc) is 3.40. The van der Waals surface area contributed by atoms with E-state index in [4.69, 9.17) is 28.2 Å². The van der Waals surface area contributed by atoms with E-state index >= 15 is 0 Å². The van der Waals surface area contributed by atoms with Crippen LogP contribution in [0.1, 0.15) is 68.4 Å². The Morgan fingerprint density at radius 2 is 1.10 bits per heavy atom. The number of esters is 3. The van der Waals surface area contributed by atoms with Gasteiger partial charge in [-0.3, -0.25) is 4.79 Å². The Hall–Kier alpha value is -3.40. The molecule has 0 atom stereocenters. The Morgan fingerprint density at radius 3 is 1.50 bits per heavy atom. The second-order valence-electron chi connectivity index (χ2n) is 6.08. The molecule has 2 aromatic rings. The number of aliphatic hydroxyl groups is 1. The fourth-order valence-corrected chi connectivity index (χ4v) is 2.17. The predicted molar refractivity (Wildman–Crippen MR) is 99.2 cm³/mol. The summed E-state index contributed by atoms with van der Waals surface area (Å²) in [6, 6.07) is 5.30. The largest absolute Gasteiger partial charge is 0.460 e. The zero-order valence-corrected chi connectivity index (χ0v) is 16.4. The fourth-order valence-electron chi connectivity index (χ4n) is 2.17. The number of ether oxygens (including phenoxy) is 3. The van der Waals surface area contributed by atoms with E-state index in [0.29, 0.717) is 12.8 Å². The van der Waals surface area contributed by atoms with Crippen molar-refractivity contribution >= 4 is 23.7 Å². The molecule has 0 aliphatic heterocycles. The summed E-state index contributed by atoms with van der Waals surface area (Å²) in [5, 5.41) is 8.67. The zero-order chi connectivity index (χ0) is 21.9. The molecule has 0 fully saturated rings. The van der Waals surface area contributed by atoms with Crippen molar-refractivity contribution in [2.45, 2.75) is 26.2 Å². The lowest BCUT2D eigenvalue weighted by Crippen LogP contribution is -2.10. The van der Waals surface area contributed by atoms with Gasteiger partial charge in [-0.05, 0) is 37.1 Å². The maximum absolute atomic E-state index is 11.9. The van der Waals surface area contributed by atoms with Gasteiger partial charge in [-0.25, -0.2) is 14.4 Å². The summed E-state index contributed by atoms with van der Waals surface area (Å²) in [6.07, 6.45) is 1.25. The van der Waals surface area contributed by atoms with Crippen LogP contribution in [0.4, 0.5) is 0 Å². The summed E-state index contributed by atoms with van der Waals surface area (Å²) in [6.45, 7) is 1.37. The van der Waals surface area contributed by atoms with Crippen molar-refractivity contribution in [1.29, 1.82) is 0 Å². The molecule has 2 rings (SSSR count). The molecular formula is C20H22O10. The van der Waals surface area contributed by atoms with E-state index in [1.165, 1.54) is 31.2 Å². The summed E-state index contributed by atoms with van der Waals surface area (Å²) in [7, 11) is 0. The maximum atomic E-state index is 11.9. The zero-order valence-electron chi connectivity index (χ0n) is 16.4. The molecule has 0 saturated heterocycles. The van der Waals surface area contributed by atoms with Gasteiger partial charge in [0.15, 0.2) is 11.5 Å². The van der Waals surface area contributed by atoms with Gasteiger partial charge in [-0.15, -0.1) is 0 Å². The fraction of sp³-hybridized carbons (Fsp3) is 0.400. The minimum Gasteiger partial charge on any atom is -0.460 e. The molecule has 10 heteroatoms. The number of ketones is 1. The molecule has 0 spiro atoms. The molecule has 30 heavy (non-hydrogen) atoms. The summed E-state index contributed by atoms with van der Waals surface area (Å²) >= 11 is 0. The summed E-state index contributed by atoms with van der Waals surface area (Å²) in [4.78, 5) is 46.6. The number of furan rings is 2. The van der Waals surface area contributed by atoms with Crippen molar-refractivity contribution in [1.82, 2.24) is 0 Å². The Kier molecular flexibility index (Phi) is 8.82. The first-order chi connectivity index (χ1) is 14.4. The van der Waals surface area contributed by atoms with E-state index < -0.39 is 17.9 Å². The summed E-state index contributed by atoms with van der Waals surface area (Å²) < 4.78 is 25.1. The molecule has 2 aromatic heterocycles. The van der Waals surface area contributed by atoms with E-state index in [-0.39, 0.29) is 61.7 Å². The van der Waals surface area contributed by atoms with Crippen molar-refractivity contribution < 1.29 is 47.3 Å². The quantitative estimate of drug-likeness (QED) is 0.234. The number of hydrogen-bond acceptors (Lipinski definition) is 10. The van der Waals surface area contributed by atoms with Crippen LogP contribution >= 0.6 is 0 Å². The summed E-state index contributed by atoms with van der Waals surface area (Å²) in [5.41, 5.74) is 0. The van der Waals surface area contributed by atoms with Gasteiger partial charge in [0, 0.05) is 20.0 Å². The molecule has 0 aliphatic rings. The second kappa shape index (κ2) is 11.6. The number of Topliss-reactive ketones (excluding diaryl/α,β-unsaturated/α-hetero) is 1. The Morgan fingerprint density at radius 1 is 0.700 bits per heavy atom. The first-order valence-electron chi connectivity index (χ1n) is 9.25. The number of carbonyl (C=O) groups excluding carboxylic acids is 4. The number of hydrogen-bond donors (Lipinski definition) is 1. The molecule has 0 bridgehead atoms. The number of unbranched alkanes of at least 4 members (excludes halogenated alkanes) is 1. The molecule has 162 valence electrons. The van der Waals surface area contributed by atoms with E-state index in [1.54, 1.807) is 0 Å². The normalized spacial score (nSPS) is 10.5. The molecule has 0 radical (unpaired) electrons. The lowest BCUT2D eigenvalue weighted by Gasteiger charge is -2.04. The van der Waals surface area contributed by atoms with Gasteiger partial charge in [0.05, 0.1) is 19.8 Å². The van der Waals surface area contributed by atoms with Crippen molar-refractivity contribution in [3.8, 4) is 0 Å². The van der Waals surface area contributed by atoms with E-state index in [2.05, 4.69) is 0 Å². The molecule has 0 saturated carbocycles. The molecule has 0 amide bonds. The van der Waals surface area contributed by atoms with Crippen LogP contribution in [0.2, 0.25) is 0 Å². The summed E-state index contributed by atoms with van der Waals surface area (Å²) in [5.74, 6) is -2.88. The number of rotatable bonds is 12. The lowest BCUT2D eigenvalue weighted by molar-refractivity contribution is 0.0354. The van der Waals surface area contributed by atoms with Gasteiger partial charge in [0.2, 0.25) is 17.3 Å². The highest BCUT2D eigenvalue weighted by Crippen LogP contribution is 2.12. The number of aliphatic hydroxyl groups excluding tert-OH is 1. The lowest BCUT2D eigenvalue weighted by atomic mass is 10.3. The van der Waals surface area contributed by atoms with Crippen LogP contribution in [0.15, 0.2) is 33.1 Å². The maximum Gasteiger partial charge on any atom is 0.374 e. The first kappa shape index (κ1) is 22.9. The molecular weight excluding hydrogens is 400 g/mol. The van der Waals surface area contributed by atoms with Gasteiger partial charge < -0.3 is 28.2 Å². The molecule has 10 nitrogen and oxygen atoms in total. The van der Waals surface area contributed by atoms with Crippen LogP contribution in [0, 0.1) is 0 Å². The Labute approximate surface area is 171 Å². The number of carbonyl (C=O) groups is 4. The third-order valence-electron chi connectivity index (χ3n) is 3.70. The van der Waals surface area contributed by atoms with Crippen molar-refractivity contribution in [2.75, 3.05) is 26.4 Å². The van der Waals surface area contributed by atoms with Crippen molar-refractivity contribution in [3.63, 3.8) is 0 Å². The minimum atomic E-state index is -0.780. The van der Waals surface area contributed by atoms with Gasteiger partial charge >= 0.3 is 17.9 Å². The van der Waals surface area contributed by atoms with Gasteiger partial charge in [-0.2, -0.15) is 0 Å². The highest BCUT2D eigenvalue weighted by atomic mass is 16.6.